The number of guanidine groups is 1. The van der Waals surface area contributed by atoms with Crippen molar-refractivity contribution < 1.29 is 4.79 Å². The van der Waals surface area contributed by atoms with Crippen molar-refractivity contribution in [3.63, 3.8) is 0 Å². The fourth-order valence-electron chi connectivity index (χ4n) is 5.29. The molecule has 0 aromatic heterocycles. The molecule has 2 aliphatic heterocycles. The summed E-state index contributed by atoms with van der Waals surface area (Å²) in [4.78, 5) is 22.0. The molecule has 2 heterocycles. The van der Waals surface area contributed by atoms with E-state index in [0.717, 1.165) is 69.9 Å². The first kappa shape index (κ1) is 20.2. The summed E-state index contributed by atoms with van der Waals surface area (Å²) in [7, 11) is 0. The third-order valence-corrected chi connectivity index (χ3v) is 6.90. The van der Waals surface area contributed by atoms with Crippen LogP contribution in [0.2, 0.25) is 0 Å². The molecule has 0 spiro atoms. The highest BCUT2D eigenvalue weighted by Crippen LogP contribution is 2.35. The molecule has 5 nitrogen and oxygen atoms in total. The number of fused-ring (bicyclic) bond motifs is 2. The maximum Gasteiger partial charge on any atom is 0.222 e. The van der Waals surface area contributed by atoms with E-state index in [4.69, 9.17) is 4.99 Å². The van der Waals surface area contributed by atoms with Crippen molar-refractivity contribution in [2.75, 3.05) is 32.7 Å². The van der Waals surface area contributed by atoms with Gasteiger partial charge in [-0.15, -0.1) is 0 Å². The first-order valence-electron chi connectivity index (χ1n) is 11.6. The number of benzene rings is 1. The van der Waals surface area contributed by atoms with Crippen LogP contribution in [-0.4, -0.2) is 54.4 Å². The Kier molecular flexibility index (Phi) is 6.73. The molecule has 0 radical (unpaired) electrons. The van der Waals surface area contributed by atoms with E-state index in [0.29, 0.717) is 6.42 Å². The number of hydrogen-bond acceptors (Lipinski definition) is 2. The summed E-state index contributed by atoms with van der Waals surface area (Å²) in [6.07, 6.45) is 7.95. The predicted molar refractivity (Wildman–Crippen MR) is 118 cm³/mol. The van der Waals surface area contributed by atoms with E-state index >= 15 is 0 Å². The van der Waals surface area contributed by atoms with Gasteiger partial charge in [0.2, 0.25) is 5.91 Å². The summed E-state index contributed by atoms with van der Waals surface area (Å²) < 4.78 is 0. The van der Waals surface area contributed by atoms with E-state index in [2.05, 4.69) is 41.4 Å². The summed E-state index contributed by atoms with van der Waals surface area (Å²) in [6.45, 7) is 7.68. The summed E-state index contributed by atoms with van der Waals surface area (Å²) >= 11 is 0. The number of carbonyl (C=O) groups is 1. The summed E-state index contributed by atoms with van der Waals surface area (Å²) in [5.41, 5.74) is 2.69. The Morgan fingerprint density at radius 3 is 2.55 bits per heavy atom. The fourth-order valence-corrected chi connectivity index (χ4v) is 5.29. The lowest BCUT2D eigenvalue weighted by atomic mass is 9.82. The van der Waals surface area contributed by atoms with Crippen LogP contribution >= 0.6 is 0 Å². The molecular formula is C24H36N4O. The number of rotatable bonds is 5. The van der Waals surface area contributed by atoms with E-state index in [1.807, 2.05) is 4.90 Å². The van der Waals surface area contributed by atoms with Crippen LogP contribution in [0.4, 0.5) is 0 Å². The van der Waals surface area contributed by atoms with Gasteiger partial charge in [-0.25, -0.2) is 0 Å². The van der Waals surface area contributed by atoms with E-state index < -0.39 is 0 Å². The van der Waals surface area contributed by atoms with E-state index in [9.17, 15) is 4.79 Å². The van der Waals surface area contributed by atoms with Crippen molar-refractivity contribution in [3.05, 3.63) is 35.4 Å². The fraction of sp³-hybridized carbons (Fsp3) is 0.667. The Balaban J connectivity index is 1.25. The van der Waals surface area contributed by atoms with Gasteiger partial charge >= 0.3 is 0 Å². The van der Waals surface area contributed by atoms with Gasteiger partial charge < -0.3 is 15.1 Å². The molecule has 1 amide bonds. The van der Waals surface area contributed by atoms with Crippen LogP contribution in [-0.2, 0) is 17.8 Å². The van der Waals surface area contributed by atoms with Crippen LogP contribution in [0.15, 0.2) is 29.3 Å². The third-order valence-electron chi connectivity index (χ3n) is 6.90. The van der Waals surface area contributed by atoms with Crippen molar-refractivity contribution in [2.45, 2.75) is 58.4 Å². The smallest absolute Gasteiger partial charge is 0.222 e. The zero-order valence-electron chi connectivity index (χ0n) is 17.9. The Bertz CT molecular complexity index is 717. The number of amides is 1. The second-order valence-electron chi connectivity index (χ2n) is 8.88. The van der Waals surface area contributed by atoms with Gasteiger partial charge in [0.05, 0.1) is 0 Å². The number of aliphatic imine (C=N–C) groups is 1. The van der Waals surface area contributed by atoms with Crippen LogP contribution in [0, 0.1) is 11.8 Å². The average molecular weight is 397 g/mol. The van der Waals surface area contributed by atoms with Gasteiger partial charge in [0.25, 0.3) is 0 Å². The SMILES string of the molecule is CCNC(=NCCCC(=O)N1CCc2ccccc2C1)N1CC2CCCCC2C1. The minimum absolute atomic E-state index is 0.270. The Morgan fingerprint density at radius 2 is 1.83 bits per heavy atom. The maximum atomic E-state index is 12.7. The normalized spacial score (nSPS) is 24.2. The van der Waals surface area contributed by atoms with Crippen molar-refractivity contribution in [1.82, 2.24) is 15.1 Å². The monoisotopic (exact) mass is 396 g/mol. The van der Waals surface area contributed by atoms with Crippen LogP contribution in [0.25, 0.3) is 0 Å². The first-order valence-corrected chi connectivity index (χ1v) is 11.6. The quantitative estimate of drug-likeness (QED) is 0.471. The van der Waals surface area contributed by atoms with Gasteiger partial charge in [-0.05, 0) is 55.6 Å². The topological polar surface area (TPSA) is 47.9 Å². The maximum absolute atomic E-state index is 12.7. The standard InChI is InChI=1S/C24H36N4O/c1-2-25-24(28-17-21-10-5-6-11-22(21)18-28)26-14-7-12-23(29)27-15-13-19-8-3-4-9-20(19)16-27/h3-4,8-9,21-22H,2,5-7,10-18H2,1H3,(H,25,26). The lowest BCUT2D eigenvalue weighted by Gasteiger charge is -2.29. The molecule has 158 valence electrons. The third kappa shape index (κ3) is 4.93. The molecule has 0 bridgehead atoms. The second kappa shape index (κ2) is 9.64. The molecule has 5 heteroatoms. The molecule has 1 aromatic carbocycles. The zero-order valence-corrected chi connectivity index (χ0v) is 17.9. The Labute approximate surface area is 175 Å². The minimum Gasteiger partial charge on any atom is -0.357 e. The lowest BCUT2D eigenvalue weighted by Crippen LogP contribution is -2.40. The molecule has 1 N–H and O–H groups in total. The number of nitrogens with zero attached hydrogens (tertiary/aromatic N) is 3. The van der Waals surface area contributed by atoms with Crippen molar-refractivity contribution in [2.24, 2.45) is 16.8 Å². The highest BCUT2D eigenvalue weighted by molar-refractivity contribution is 5.80. The predicted octanol–water partition coefficient (Wildman–Crippen LogP) is 3.44. The lowest BCUT2D eigenvalue weighted by molar-refractivity contribution is -0.132. The zero-order chi connectivity index (χ0) is 20.1. The van der Waals surface area contributed by atoms with Crippen LogP contribution in [0.5, 0.6) is 0 Å². The van der Waals surface area contributed by atoms with Gasteiger partial charge in [0.15, 0.2) is 5.96 Å². The molecule has 1 aromatic rings. The van der Waals surface area contributed by atoms with Crippen LogP contribution in [0.3, 0.4) is 0 Å². The molecule has 1 saturated heterocycles. The number of likely N-dealkylation sites (tertiary alicyclic amines) is 1. The van der Waals surface area contributed by atoms with Gasteiger partial charge in [-0.1, -0.05) is 37.1 Å². The molecule has 2 unspecified atom stereocenters. The molecular weight excluding hydrogens is 360 g/mol. The molecule has 1 saturated carbocycles. The van der Waals surface area contributed by atoms with E-state index in [1.165, 1.54) is 36.8 Å². The molecule has 3 aliphatic rings. The summed E-state index contributed by atoms with van der Waals surface area (Å²) in [5, 5.41) is 3.48. The Hall–Kier alpha value is -2.04. The number of hydrogen-bond donors (Lipinski definition) is 1. The van der Waals surface area contributed by atoms with Gasteiger partial charge in [-0.3, -0.25) is 9.79 Å². The summed E-state index contributed by atoms with van der Waals surface area (Å²) in [5.74, 6) is 3.04. The van der Waals surface area contributed by atoms with E-state index in [-0.39, 0.29) is 5.91 Å². The van der Waals surface area contributed by atoms with Crippen LogP contribution in [0.1, 0.15) is 56.6 Å². The van der Waals surface area contributed by atoms with Crippen molar-refractivity contribution in [3.8, 4) is 0 Å². The second-order valence-corrected chi connectivity index (χ2v) is 8.88. The molecule has 1 aliphatic carbocycles. The highest BCUT2D eigenvalue weighted by Gasteiger charge is 2.35. The molecule has 2 atom stereocenters. The highest BCUT2D eigenvalue weighted by atomic mass is 16.2. The molecule has 4 rings (SSSR count). The van der Waals surface area contributed by atoms with Gasteiger partial charge in [0, 0.05) is 45.7 Å². The molecule has 2 fully saturated rings. The Morgan fingerprint density at radius 1 is 1.10 bits per heavy atom. The molecule has 29 heavy (non-hydrogen) atoms. The number of nitrogens with one attached hydrogen (secondary N) is 1. The van der Waals surface area contributed by atoms with Crippen LogP contribution < -0.4 is 5.32 Å². The minimum atomic E-state index is 0.270. The first-order chi connectivity index (χ1) is 14.2. The summed E-state index contributed by atoms with van der Waals surface area (Å²) in [6, 6.07) is 8.49. The van der Waals surface area contributed by atoms with Gasteiger partial charge in [-0.2, -0.15) is 0 Å². The number of carbonyl (C=O) groups excluding carboxylic acids is 1. The van der Waals surface area contributed by atoms with E-state index in [1.54, 1.807) is 0 Å². The largest absolute Gasteiger partial charge is 0.357 e. The van der Waals surface area contributed by atoms with Crippen molar-refractivity contribution in [1.29, 1.82) is 0 Å². The average Bonchev–Trinajstić information content (AvgIpc) is 3.19. The van der Waals surface area contributed by atoms with Crippen molar-refractivity contribution >= 4 is 11.9 Å². The van der Waals surface area contributed by atoms with Gasteiger partial charge in [0.1, 0.15) is 0 Å².